The van der Waals surface area contributed by atoms with Crippen LogP contribution in [0, 0.1) is 11.3 Å². The van der Waals surface area contributed by atoms with Crippen molar-refractivity contribution >= 4 is 0 Å². The van der Waals surface area contributed by atoms with Crippen molar-refractivity contribution in [3.63, 3.8) is 0 Å². The van der Waals surface area contributed by atoms with Crippen molar-refractivity contribution in [2.24, 2.45) is 11.3 Å². The highest BCUT2D eigenvalue weighted by molar-refractivity contribution is 4.95. The molecule has 1 N–H and O–H groups in total. The zero-order valence-electron chi connectivity index (χ0n) is 13.2. The Labute approximate surface area is 124 Å². The monoisotopic (exact) mass is 280 g/mol. The second-order valence-corrected chi connectivity index (χ2v) is 7.31. The van der Waals surface area contributed by atoms with Crippen molar-refractivity contribution < 1.29 is 4.74 Å². The van der Waals surface area contributed by atoms with E-state index in [9.17, 15) is 0 Å². The fourth-order valence-corrected chi connectivity index (χ4v) is 4.75. The van der Waals surface area contributed by atoms with Crippen LogP contribution < -0.4 is 5.32 Å². The molecule has 3 nitrogen and oxygen atoms in total. The zero-order chi connectivity index (χ0) is 13.8. The Morgan fingerprint density at radius 2 is 2.10 bits per heavy atom. The lowest BCUT2D eigenvalue weighted by Gasteiger charge is -2.43. The van der Waals surface area contributed by atoms with Crippen molar-refractivity contribution in [2.45, 2.75) is 57.9 Å². The molecule has 2 heterocycles. The summed E-state index contributed by atoms with van der Waals surface area (Å²) in [5.74, 6) is 1.00. The lowest BCUT2D eigenvalue weighted by molar-refractivity contribution is -0.0307. The number of hydrogen-bond donors (Lipinski definition) is 1. The number of likely N-dealkylation sites (tertiary alicyclic amines) is 1. The number of fused-ring (bicyclic) bond motifs is 1. The van der Waals surface area contributed by atoms with E-state index in [0.29, 0.717) is 5.41 Å². The van der Waals surface area contributed by atoms with Crippen molar-refractivity contribution in [2.75, 3.05) is 39.4 Å². The maximum atomic E-state index is 5.86. The molecule has 3 unspecified atom stereocenters. The summed E-state index contributed by atoms with van der Waals surface area (Å²) in [4.78, 5) is 2.83. The molecule has 0 amide bonds. The molecule has 3 heteroatoms. The van der Waals surface area contributed by atoms with E-state index in [1.165, 1.54) is 58.0 Å². The third-order valence-corrected chi connectivity index (χ3v) is 5.82. The van der Waals surface area contributed by atoms with E-state index in [1.54, 1.807) is 0 Å². The van der Waals surface area contributed by atoms with Crippen LogP contribution in [0.4, 0.5) is 0 Å². The SMILES string of the molecule is CCNCC1(CN2CCC3CCCCC32)CCCOC1. The summed E-state index contributed by atoms with van der Waals surface area (Å²) < 4.78 is 5.86. The van der Waals surface area contributed by atoms with Crippen LogP contribution in [-0.4, -0.2) is 50.3 Å². The molecule has 0 aromatic heterocycles. The first-order valence-corrected chi connectivity index (χ1v) is 8.85. The molecule has 0 spiro atoms. The Hall–Kier alpha value is -0.120. The molecule has 2 saturated heterocycles. The predicted molar refractivity (Wildman–Crippen MR) is 83.0 cm³/mol. The number of ether oxygens (including phenoxy) is 1. The quantitative estimate of drug-likeness (QED) is 0.838. The maximum absolute atomic E-state index is 5.86. The Kier molecular flexibility index (Phi) is 5.00. The van der Waals surface area contributed by atoms with Crippen molar-refractivity contribution in [1.82, 2.24) is 10.2 Å². The second kappa shape index (κ2) is 6.76. The Morgan fingerprint density at radius 1 is 1.20 bits per heavy atom. The lowest BCUT2D eigenvalue weighted by Crippen LogP contribution is -2.50. The molecule has 3 rings (SSSR count). The minimum Gasteiger partial charge on any atom is -0.381 e. The molecule has 0 aromatic rings. The maximum Gasteiger partial charge on any atom is 0.0546 e. The molecule has 0 radical (unpaired) electrons. The highest BCUT2D eigenvalue weighted by Crippen LogP contribution is 2.39. The number of nitrogens with one attached hydrogen (secondary N) is 1. The zero-order valence-corrected chi connectivity index (χ0v) is 13.2. The van der Waals surface area contributed by atoms with Gasteiger partial charge in [0.2, 0.25) is 0 Å². The number of hydrogen-bond acceptors (Lipinski definition) is 3. The average molecular weight is 280 g/mol. The standard InChI is InChI=1S/C17H32N2O/c1-2-18-12-17(9-5-11-20-14-17)13-19-10-8-15-6-3-4-7-16(15)19/h15-16,18H,2-14H2,1H3. The molecule has 3 atom stereocenters. The molecule has 1 aliphatic carbocycles. The summed E-state index contributed by atoms with van der Waals surface area (Å²) in [6.45, 7) is 8.97. The van der Waals surface area contributed by atoms with E-state index in [4.69, 9.17) is 4.74 Å². The van der Waals surface area contributed by atoms with Crippen LogP contribution in [0.15, 0.2) is 0 Å². The van der Waals surface area contributed by atoms with E-state index in [-0.39, 0.29) is 0 Å². The van der Waals surface area contributed by atoms with Crippen molar-refractivity contribution in [3.05, 3.63) is 0 Å². The molecule has 2 aliphatic heterocycles. The molecule has 116 valence electrons. The Morgan fingerprint density at radius 3 is 2.90 bits per heavy atom. The largest absolute Gasteiger partial charge is 0.381 e. The fraction of sp³-hybridized carbons (Fsp3) is 1.00. The summed E-state index contributed by atoms with van der Waals surface area (Å²) in [6, 6.07) is 0.893. The lowest BCUT2D eigenvalue weighted by atomic mass is 9.80. The van der Waals surface area contributed by atoms with Gasteiger partial charge >= 0.3 is 0 Å². The van der Waals surface area contributed by atoms with E-state index in [2.05, 4.69) is 17.1 Å². The second-order valence-electron chi connectivity index (χ2n) is 7.31. The normalized spacial score (nSPS) is 38.9. The molecule has 20 heavy (non-hydrogen) atoms. The van der Waals surface area contributed by atoms with E-state index >= 15 is 0 Å². The molecule has 1 saturated carbocycles. The molecule has 3 fully saturated rings. The summed E-state index contributed by atoms with van der Waals surface area (Å²) in [6.07, 6.45) is 9.89. The highest BCUT2D eigenvalue weighted by Gasteiger charge is 2.41. The van der Waals surface area contributed by atoms with Crippen LogP contribution in [0.25, 0.3) is 0 Å². The van der Waals surface area contributed by atoms with Gasteiger partial charge in [-0.15, -0.1) is 0 Å². The van der Waals surface area contributed by atoms with Gasteiger partial charge in [0.25, 0.3) is 0 Å². The van der Waals surface area contributed by atoms with Crippen LogP contribution in [-0.2, 0) is 4.74 Å². The minimum absolute atomic E-state index is 0.376. The number of rotatable bonds is 5. The third kappa shape index (κ3) is 3.20. The smallest absolute Gasteiger partial charge is 0.0546 e. The van der Waals surface area contributed by atoms with Gasteiger partial charge in [0.15, 0.2) is 0 Å². The van der Waals surface area contributed by atoms with Gasteiger partial charge in [-0.25, -0.2) is 0 Å². The predicted octanol–water partition coefficient (Wildman–Crippen LogP) is 2.66. The molecule has 0 bridgehead atoms. The van der Waals surface area contributed by atoms with Crippen LogP contribution in [0.1, 0.15) is 51.9 Å². The first-order valence-electron chi connectivity index (χ1n) is 8.85. The minimum atomic E-state index is 0.376. The first-order chi connectivity index (χ1) is 9.83. The molecular weight excluding hydrogens is 248 g/mol. The van der Waals surface area contributed by atoms with Gasteiger partial charge in [0.1, 0.15) is 0 Å². The highest BCUT2D eigenvalue weighted by atomic mass is 16.5. The molecule has 0 aromatic carbocycles. The molecule has 3 aliphatic rings. The Balaban J connectivity index is 1.63. The topological polar surface area (TPSA) is 24.5 Å². The van der Waals surface area contributed by atoms with Crippen LogP contribution in [0.5, 0.6) is 0 Å². The summed E-state index contributed by atoms with van der Waals surface area (Å²) in [5, 5.41) is 3.60. The summed E-state index contributed by atoms with van der Waals surface area (Å²) >= 11 is 0. The van der Waals surface area contributed by atoms with E-state index in [0.717, 1.165) is 38.3 Å². The summed E-state index contributed by atoms with van der Waals surface area (Å²) in [5.41, 5.74) is 0.376. The summed E-state index contributed by atoms with van der Waals surface area (Å²) in [7, 11) is 0. The van der Waals surface area contributed by atoms with Crippen molar-refractivity contribution in [3.8, 4) is 0 Å². The third-order valence-electron chi connectivity index (χ3n) is 5.82. The average Bonchev–Trinajstić information content (AvgIpc) is 2.89. The van der Waals surface area contributed by atoms with Gasteiger partial charge < -0.3 is 10.1 Å². The van der Waals surface area contributed by atoms with Gasteiger partial charge in [-0.05, 0) is 51.1 Å². The number of nitrogens with zero attached hydrogens (tertiary/aromatic N) is 1. The van der Waals surface area contributed by atoms with Crippen molar-refractivity contribution in [1.29, 1.82) is 0 Å². The fourth-order valence-electron chi connectivity index (χ4n) is 4.75. The van der Waals surface area contributed by atoms with Gasteiger partial charge in [-0.2, -0.15) is 0 Å². The van der Waals surface area contributed by atoms with Crippen LogP contribution in [0.2, 0.25) is 0 Å². The van der Waals surface area contributed by atoms with Crippen LogP contribution in [0.3, 0.4) is 0 Å². The van der Waals surface area contributed by atoms with Gasteiger partial charge in [0.05, 0.1) is 6.61 Å². The van der Waals surface area contributed by atoms with Gasteiger partial charge in [0, 0.05) is 31.2 Å². The molecular formula is C17H32N2O. The first kappa shape index (κ1) is 14.8. The van der Waals surface area contributed by atoms with E-state index < -0.39 is 0 Å². The van der Waals surface area contributed by atoms with Gasteiger partial charge in [-0.1, -0.05) is 19.8 Å². The van der Waals surface area contributed by atoms with Gasteiger partial charge in [-0.3, -0.25) is 4.90 Å². The Bertz CT molecular complexity index is 301. The van der Waals surface area contributed by atoms with E-state index in [1.807, 2.05) is 0 Å². The van der Waals surface area contributed by atoms with Crippen LogP contribution >= 0.6 is 0 Å².